The number of methoxy groups -OCH3 is 2. The fourth-order valence-electron chi connectivity index (χ4n) is 1.72. The molecule has 0 saturated heterocycles. The standard InChI is InChI=1S/C12H18O3S/c1-7-8(2)12(15-4)9(10(13)6-16)5-11(7)14-3/h5,10,13,16H,6H2,1-4H3. The first-order valence-electron chi connectivity index (χ1n) is 5.07. The summed E-state index contributed by atoms with van der Waals surface area (Å²) >= 11 is 4.09. The molecule has 1 aromatic carbocycles. The highest BCUT2D eigenvalue weighted by atomic mass is 32.1. The Morgan fingerprint density at radius 2 is 1.88 bits per heavy atom. The smallest absolute Gasteiger partial charge is 0.128 e. The number of benzene rings is 1. The van der Waals surface area contributed by atoms with Crippen LogP contribution in [0.1, 0.15) is 22.8 Å². The number of rotatable bonds is 4. The lowest BCUT2D eigenvalue weighted by molar-refractivity contribution is 0.198. The van der Waals surface area contributed by atoms with Gasteiger partial charge in [0, 0.05) is 11.3 Å². The third kappa shape index (κ3) is 2.28. The molecule has 1 rings (SSSR count). The molecule has 0 spiro atoms. The van der Waals surface area contributed by atoms with Gasteiger partial charge in [0.25, 0.3) is 0 Å². The van der Waals surface area contributed by atoms with Crippen molar-refractivity contribution < 1.29 is 14.6 Å². The van der Waals surface area contributed by atoms with Gasteiger partial charge in [0.05, 0.1) is 20.3 Å². The monoisotopic (exact) mass is 242 g/mol. The fraction of sp³-hybridized carbons (Fsp3) is 0.500. The van der Waals surface area contributed by atoms with Crippen molar-refractivity contribution in [2.75, 3.05) is 20.0 Å². The maximum atomic E-state index is 9.86. The van der Waals surface area contributed by atoms with Crippen LogP contribution in [0.4, 0.5) is 0 Å². The van der Waals surface area contributed by atoms with E-state index >= 15 is 0 Å². The van der Waals surface area contributed by atoms with E-state index in [9.17, 15) is 5.11 Å². The van der Waals surface area contributed by atoms with Crippen molar-refractivity contribution in [3.8, 4) is 11.5 Å². The van der Waals surface area contributed by atoms with E-state index in [1.165, 1.54) is 0 Å². The number of ether oxygens (including phenoxy) is 2. The van der Waals surface area contributed by atoms with E-state index < -0.39 is 6.10 Å². The molecule has 0 bridgehead atoms. The average molecular weight is 242 g/mol. The van der Waals surface area contributed by atoms with Crippen molar-refractivity contribution in [3.05, 3.63) is 22.8 Å². The van der Waals surface area contributed by atoms with E-state index in [4.69, 9.17) is 9.47 Å². The molecule has 0 aliphatic heterocycles. The number of thiol groups is 1. The Balaban J connectivity index is 3.40. The van der Waals surface area contributed by atoms with Crippen LogP contribution in [-0.4, -0.2) is 25.1 Å². The molecule has 1 atom stereocenters. The first-order chi connectivity index (χ1) is 7.56. The molecule has 0 saturated carbocycles. The highest BCUT2D eigenvalue weighted by molar-refractivity contribution is 7.80. The van der Waals surface area contributed by atoms with Gasteiger partial charge in [0.1, 0.15) is 11.5 Å². The van der Waals surface area contributed by atoms with Gasteiger partial charge in [-0.3, -0.25) is 0 Å². The molecule has 4 heteroatoms. The molecule has 3 nitrogen and oxygen atoms in total. The average Bonchev–Trinajstić information content (AvgIpc) is 2.31. The number of aliphatic hydroxyl groups is 1. The van der Waals surface area contributed by atoms with Crippen LogP contribution in [0.25, 0.3) is 0 Å². The Bertz CT molecular complexity index is 377. The predicted molar refractivity (Wildman–Crippen MR) is 67.8 cm³/mol. The minimum absolute atomic E-state index is 0.349. The van der Waals surface area contributed by atoms with Gasteiger partial charge < -0.3 is 14.6 Å². The van der Waals surface area contributed by atoms with Crippen molar-refractivity contribution in [1.29, 1.82) is 0 Å². The molecule has 90 valence electrons. The second-order valence-electron chi connectivity index (χ2n) is 3.65. The van der Waals surface area contributed by atoms with Crippen LogP contribution in [-0.2, 0) is 0 Å². The quantitative estimate of drug-likeness (QED) is 0.796. The summed E-state index contributed by atoms with van der Waals surface area (Å²) < 4.78 is 10.6. The Labute approximate surface area is 102 Å². The van der Waals surface area contributed by atoms with Gasteiger partial charge in [-0.1, -0.05) is 0 Å². The lowest BCUT2D eigenvalue weighted by Gasteiger charge is -2.19. The highest BCUT2D eigenvalue weighted by Gasteiger charge is 2.18. The van der Waals surface area contributed by atoms with Crippen LogP contribution >= 0.6 is 12.6 Å². The molecule has 1 N–H and O–H groups in total. The summed E-state index contributed by atoms with van der Waals surface area (Å²) in [4.78, 5) is 0. The van der Waals surface area contributed by atoms with E-state index in [2.05, 4.69) is 12.6 Å². The predicted octanol–water partition coefficient (Wildman–Crippen LogP) is 2.28. The van der Waals surface area contributed by atoms with Gasteiger partial charge in [0.2, 0.25) is 0 Å². The zero-order valence-corrected chi connectivity index (χ0v) is 11.0. The van der Waals surface area contributed by atoms with Crippen molar-refractivity contribution >= 4 is 12.6 Å². The van der Waals surface area contributed by atoms with Crippen molar-refractivity contribution in [3.63, 3.8) is 0 Å². The third-order valence-electron chi connectivity index (χ3n) is 2.78. The third-order valence-corrected chi connectivity index (χ3v) is 3.12. The molecule has 0 aliphatic rings. The zero-order chi connectivity index (χ0) is 12.3. The first-order valence-corrected chi connectivity index (χ1v) is 5.71. The summed E-state index contributed by atoms with van der Waals surface area (Å²) in [7, 11) is 3.22. The maximum Gasteiger partial charge on any atom is 0.128 e. The number of aliphatic hydroxyl groups excluding tert-OH is 1. The SMILES string of the molecule is COc1cc(C(O)CS)c(OC)c(C)c1C. The second-order valence-corrected chi connectivity index (χ2v) is 4.01. The maximum absolute atomic E-state index is 9.86. The fourth-order valence-corrected chi connectivity index (χ4v) is 1.91. The molecule has 0 heterocycles. The molecule has 0 amide bonds. The summed E-state index contributed by atoms with van der Waals surface area (Å²) in [6.45, 7) is 3.92. The van der Waals surface area contributed by atoms with E-state index in [0.717, 1.165) is 22.4 Å². The van der Waals surface area contributed by atoms with Gasteiger partial charge in [0.15, 0.2) is 0 Å². The molecule has 0 fully saturated rings. The topological polar surface area (TPSA) is 38.7 Å². The zero-order valence-electron chi connectivity index (χ0n) is 10.1. The minimum atomic E-state index is -0.647. The number of hydrogen-bond donors (Lipinski definition) is 2. The first kappa shape index (κ1) is 13.2. The Hall–Kier alpha value is -0.870. The molecule has 1 unspecified atom stereocenters. The lowest BCUT2D eigenvalue weighted by atomic mass is 10.00. The molecule has 1 aromatic rings. The largest absolute Gasteiger partial charge is 0.496 e. The lowest BCUT2D eigenvalue weighted by Crippen LogP contribution is -2.05. The molecular weight excluding hydrogens is 224 g/mol. The highest BCUT2D eigenvalue weighted by Crippen LogP contribution is 2.36. The van der Waals surface area contributed by atoms with Crippen molar-refractivity contribution in [1.82, 2.24) is 0 Å². The summed E-state index contributed by atoms with van der Waals surface area (Å²) in [5.74, 6) is 1.82. The van der Waals surface area contributed by atoms with Crippen molar-refractivity contribution in [2.24, 2.45) is 0 Å². The van der Waals surface area contributed by atoms with Gasteiger partial charge in [-0.15, -0.1) is 0 Å². The van der Waals surface area contributed by atoms with Crippen LogP contribution in [0.3, 0.4) is 0 Å². The summed E-state index contributed by atoms with van der Waals surface area (Å²) in [6, 6.07) is 1.81. The van der Waals surface area contributed by atoms with Crippen LogP contribution in [0.15, 0.2) is 6.07 Å². The van der Waals surface area contributed by atoms with Crippen molar-refractivity contribution in [2.45, 2.75) is 20.0 Å². The second kappa shape index (κ2) is 5.46. The minimum Gasteiger partial charge on any atom is -0.496 e. The summed E-state index contributed by atoms with van der Waals surface area (Å²) in [5, 5.41) is 9.86. The molecular formula is C12H18O3S. The normalized spacial score (nSPS) is 12.4. The Morgan fingerprint density at radius 3 is 2.31 bits per heavy atom. The van der Waals surface area contributed by atoms with Crippen LogP contribution in [0.2, 0.25) is 0 Å². The number of hydrogen-bond acceptors (Lipinski definition) is 4. The van der Waals surface area contributed by atoms with Gasteiger partial charge in [-0.2, -0.15) is 12.6 Å². The van der Waals surface area contributed by atoms with Gasteiger partial charge in [-0.05, 0) is 31.0 Å². The van der Waals surface area contributed by atoms with E-state index in [1.807, 2.05) is 19.9 Å². The van der Waals surface area contributed by atoms with Gasteiger partial charge in [-0.25, -0.2) is 0 Å². The molecule has 0 radical (unpaired) electrons. The Kier molecular flexibility index (Phi) is 4.50. The molecule has 0 aromatic heterocycles. The molecule has 16 heavy (non-hydrogen) atoms. The Morgan fingerprint density at radius 1 is 1.25 bits per heavy atom. The van der Waals surface area contributed by atoms with Crippen LogP contribution < -0.4 is 9.47 Å². The van der Waals surface area contributed by atoms with Crippen LogP contribution in [0.5, 0.6) is 11.5 Å². The summed E-state index contributed by atoms with van der Waals surface area (Å²) in [6.07, 6.45) is -0.647. The van der Waals surface area contributed by atoms with E-state index in [-0.39, 0.29) is 0 Å². The van der Waals surface area contributed by atoms with E-state index in [0.29, 0.717) is 11.5 Å². The van der Waals surface area contributed by atoms with Gasteiger partial charge >= 0.3 is 0 Å². The van der Waals surface area contributed by atoms with Crippen LogP contribution in [0, 0.1) is 13.8 Å². The van der Waals surface area contributed by atoms with E-state index in [1.54, 1.807) is 14.2 Å². The summed E-state index contributed by atoms with van der Waals surface area (Å²) in [5.41, 5.74) is 2.73. The molecule has 0 aliphatic carbocycles.